The first-order valence-electron chi connectivity index (χ1n) is 41.2. The number of carbonyl (C=O) groups is 16. The van der Waals surface area contributed by atoms with Crippen LogP contribution in [0.2, 0.25) is 0 Å². The van der Waals surface area contributed by atoms with Gasteiger partial charge in [-0.1, -0.05) is 78.3 Å². The third-order valence-electron chi connectivity index (χ3n) is 21.3. The number of hydrogen-bond acceptors (Lipinski definition) is 20. The Hall–Kier alpha value is -12.2. The molecular formula is C80H122N22O19. The fourth-order valence-electron chi connectivity index (χ4n) is 14.7. The second-order valence-electron chi connectivity index (χ2n) is 31.8. The molecule has 0 radical (unpaired) electrons. The van der Waals surface area contributed by atoms with Crippen molar-refractivity contribution in [3.63, 3.8) is 0 Å². The Kier molecular flexibility index (Phi) is 38.9. The lowest BCUT2D eigenvalue weighted by atomic mass is 9.96. The molecule has 121 heavy (non-hydrogen) atoms. The van der Waals surface area contributed by atoms with Gasteiger partial charge in [-0.3, -0.25) is 82.7 Å². The average Bonchev–Trinajstić information content (AvgIpc) is 1.59. The van der Waals surface area contributed by atoms with E-state index in [9.17, 15) is 77.6 Å². The smallest absolute Gasteiger partial charge is 0.326 e. The molecule has 0 bridgehead atoms. The maximum absolute atomic E-state index is 15.2. The van der Waals surface area contributed by atoms with Gasteiger partial charge in [-0.25, -0.2) is 4.79 Å². The standard InChI is InChI=1S/C80H122N22O19/c1-7-44(6)65(75(117)99-59(78(120)121)37-43(4)5)100-72(114)57(39-46-41-89-49-17-9-8-16-48(46)49)98-74(116)61-22-15-35-102(61)77(119)54(20-13-33-88-80(85)86)93-66(108)50(19-12-32-87-79(83)84)92-73(115)60-21-14-34-101(60)76(118)53(18-10-11-31-81)94-71(113)58(40-62(82)104)97-68(110)52(28-30-64(106)107)91-70(112)56(38-45-23-25-47(103)26-24-45)96-69(111)55(36-42(2)3)95-67(109)51-27-29-63(105)90-51/h8-9,16-17,23-26,41-44,50-61,65,89,103H,7,10-15,18-22,27-40,81H2,1-6H3,(H2,82,104)(H,90,105)(H,91,112)(H,92,115)(H,93,108)(H,94,113)(H,95,109)(H,96,111)(H,97,110)(H,98,116)(H,99,117)(H,100,114)(H,106,107)(H,120,121)(H4,83,84,87)(H4,85,86,88). The van der Waals surface area contributed by atoms with Crippen molar-refractivity contribution >= 4 is 117 Å². The van der Waals surface area contributed by atoms with Gasteiger partial charge in [-0.2, -0.15) is 0 Å². The zero-order chi connectivity index (χ0) is 89.3. The van der Waals surface area contributed by atoms with Gasteiger partial charge in [0.25, 0.3) is 0 Å². The maximum Gasteiger partial charge on any atom is 0.326 e. The van der Waals surface area contributed by atoms with Gasteiger partial charge in [-0.15, -0.1) is 0 Å². The van der Waals surface area contributed by atoms with Gasteiger partial charge in [-0.05, 0) is 150 Å². The predicted octanol–water partition coefficient (Wildman–Crippen LogP) is -2.61. The Labute approximate surface area is 701 Å². The number of benzene rings is 2. The number of rotatable bonds is 50. The molecule has 14 atom stereocenters. The van der Waals surface area contributed by atoms with Crippen LogP contribution in [0.4, 0.5) is 0 Å². The highest BCUT2D eigenvalue weighted by molar-refractivity contribution is 6.02. The number of carbonyl (C=O) groups excluding carboxylic acids is 14. The molecule has 3 aliphatic heterocycles. The average molecular weight is 1700 g/mol. The molecule has 0 aliphatic carbocycles. The van der Waals surface area contributed by atoms with Crippen LogP contribution in [0.25, 0.3) is 10.9 Å². The van der Waals surface area contributed by atoms with Crippen molar-refractivity contribution in [2.45, 2.75) is 255 Å². The number of aliphatic carboxylic acids is 2. The van der Waals surface area contributed by atoms with E-state index in [-0.39, 0.29) is 159 Å². The van der Waals surface area contributed by atoms with Crippen LogP contribution in [-0.2, 0) is 89.6 Å². The van der Waals surface area contributed by atoms with Crippen LogP contribution in [0.3, 0.4) is 0 Å². The zero-order valence-corrected chi connectivity index (χ0v) is 69.4. The minimum Gasteiger partial charge on any atom is -0.508 e. The quantitative estimate of drug-likeness (QED) is 0.0156. The largest absolute Gasteiger partial charge is 0.508 e. The molecule has 3 fully saturated rings. The highest BCUT2D eigenvalue weighted by Gasteiger charge is 2.44. The highest BCUT2D eigenvalue weighted by Crippen LogP contribution is 2.26. The molecule has 4 heterocycles. The number of aromatic hydroxyl groups is 1. The second-order valence-corrected chi connectivity index (χ2v) is 31.8. The summed E-state index contributed by atoms with van der Waals surface area (Å²) >= 11 is 0. The summed E-state index contributed by atoms with van der Waals surface area (Å²) in [5, 5.41) is 80.4. The third-order valence-corrected chi connectivity index (χ3v) is 21.3. The Morgan fingerprint density at radius 3 is 1.53 bits per heavy atom. The monoisotopic (exact) mass is 1690 g/mol. The number of guanidine groups is 2. The number of carboxylic acid groups (broad SMARTS) is 2. The normalized spacial score (nSPS) is 17.7. The lowest BCUT2D eigenvalue weighted by Crippen LogP contribution is -2.61. The first-order chi connectivity index (χ1) is 57.4. The number of unbranched alkanes of at least 4 members (excludes halogenated alkanes) is 1. The van der Waals surface area contributed by atoms with Crippen molar-refractivity contribution in [1.82, 2.24) is 83.9 Å². The van der Waals surface area contributed by atoms with E-state index >= 15 is 14.4 Å². The van der Waals surface area contributed by atoms with Crippen molar-refractivity contribution < 1.29 is 92.0 Å². The summed E-state index contributed by atoms with van der Waals surface area (Å²) < 4.78 is 0. The number of primary amides is 1. The summed E-state index contributed by atoms with van der Waals surface area (Å²) in [7, 11) is 0. The summed E-state index contributed by atoms with van der Waals surface area (Å²) in [6.07, 6.45) is 0.441. The summed E-state index contributed by atoms with van der Waals surface area (Å²) in [5.74, 6) is -16.7. The molecule has 3 aliphatic rings. The van der Waals surface area contributed by atoms with E-state index in [1.807, 2.05) is 12.1 Å². The number of nitrogens with one attached hydrogen (secondary N) is 16. The fourth-order valence-corrected chi connectivity index (χ4v) is 14.7. The lowest BCUT2D eigenvalue weighted by Gasteiger charge is -2.32. The molecule has 666 valence electrons. The summed E-state index contributed by atoms with van der Waals surface area (Å²) in [6.45, 7) is 10.7. The molecule has 3 aromatic rings. The fraction of sp³-hybridized carbons (Fsp3) is 0.600. The van der Waals surface area contributed by atoms with E-state index in [4.69, 9.17) is 33.8 Å². The molecule has 0 saturated carbocycles. The molecule has 41 heteroatoms. The van der Waals surface area contributed by atoms with Crippen LogP contribution < -0.4 is 92.1 Å². The van der Waals surface area contributed by atoms with Crippen molar-refractivity contribution in [1.29, 1.82) is 10.8 Å². The Balaban J connectivity index is 1.24. The van der Waals surface area contributed by atoms with Gasteiger partial charge in [0.05, 0.1) is 6.42 Å². The number of likely N-dealkylation sites (tertiary alicyclic amines) is 2. The maximum atomic E-state index is 15.2. The van der Waals surface area contributed by atoms with E-state index < -0.39 is 204 Å². The third kappa shape index (κ3) is 31.2. The van der Waals surface area contributed by atoms with Gasteiger partial charge in [0.15, 0.2) is 11.9 Å². The number of amides is 14. The summed E-state index contributed by atoms with van der Waals surface area (Å²) in [5.41, 5.74) is 24.4. The minimum atomic E-state index is -1.93. The van der Waals surface area contributed by atoms with E-state index in [2.05, 4.69) is 74.1 Å². The predicted molar refractivity (Wildman–Crippen MR) is 442 cm³/mol. The number of para-hydroxylation sites is 1. The van der Waals surface area contributed by atoms with Gasteiger partial charge in [0.1, 0.15) is 84.3 Å². The number of nitrogens with zero attached hydrogens (tertiary/aromatic N) is 2. The van der Waals surface area contributed by atoms with Crippen LogP contribution in [0.5, 0.6) is 5.75 Å². The molecule has 27 N–H and O–H groups in total. The lowest BCUT2D eigenvalue weighted by molar-refractivity contribution is -0.144. The van der Waals surface area contributed by atoms with Crippen LogP contribution in [0, 0.1) is 28.6 Å². The van der Waals surface area contributed by atoms with Crippen molar-refractivity contribution in [2.75, 3.05) is 32.7 Å². The first-order valence-corrected chi connectivity index (χ1v) is 41.2. The van der Waals surface area contributed by atoms with E-state index in [0.29, 0.717) is 24.0 Å². The van der Waals surface area contributed by atoms with Crippen molar-refractivity contribution in [2.24, 2.45) is 40.7 Å². The molecule has 14 unspecified atom stereocenters. The Bertz CT molecular complexity index is 4160. The van der Waals surface area contributed by atoms with Gasteiger partial charge in [0, 0.05) is 69.0 Å². The highest BCUT2D eigenvalue weighted by atomic mass is 16.4. The SMILES string of the molecule is CCC(C)C(NC(=O)C(Cc1c[nH]c2ccccc12)NC(=O)C1CCCN1C(=O)C(CCCNC(=N)N)NC(=O)C(CCCNC(=N)N)NC(=O)C1CCCN1C(=O)C(CCCCN)NC(=O)C(CC(N)=O)NC(=O)C(CCC(=O)O)NC(=O)C(Cc1ccc(O)cc1)NC(=O)C(CC(C)C)NC(=O)C1CCC(=O)N1)C(=O)NC(CC(C)C)C(=O)O. The van der Waals surface area contributed by atoms with Crippen LogP contribution in [0.1, 0.15) is 175 Å². The van der Waals surface area contributed by atoms with Gasteiger partial charge in [0.2, 0.25) is 82.7 Å². The van der Waals surface area contributed by atoms with Crippen LogP contribution >= 0.6 is 0 Å². The van der Waals surface area contributed by atoms with Crippen LogP contribution in [0.15, 0.2) is 54.7 Å². The molecule has 2 aromatic carbocycles. The van der Waals surface area contributed by atoms with Crippen molar-refractivity contribution in [3.05, 3.63) is 65.9 Å². The second kappa shape index (κ2) is 48.2. The number of fused-ring (bicyclic) bond motifs is 1. The zero-order valence-electron chi connectivity index (χ0n) is 69.4. The molecule has 3 saturated heterocycles. The molecule has 41 nitrogen and oxygen atoms in total. The number of nitrogens with two attached hydrogens (primary N) is 4. The molecular weight excluding hydrogens is 1570 g/mol. The number of carboxylic acids is 2. The minimum absolute atomic E-state index is 0.00730. The number of phenols is 1. The Morgan fingerprint density at radius 2 is 1.00 bits per heavy atom. The molecule has 0 spiro atoms. The number of aromatic amines is 1. The van der Waals surface area contributed by atoms with E-state index in [0.717, 1.165) is 10.9 Å². The van der Waals surface area contributed by atoms with E-state index in [1.54, 1.807) is 59.9 Å². The Morgan fingerprint density at radius 1 is 0.529 bits per heavy atom. The summed E-state index contributed by atoms with van der Waals surface area (Å²) in [6, 6.07) is -5.82. The van der Waals surface area contributed by atoms with Crippen molar-refractivity contribution in [3.8, 4) is 5.75 Å². The number of hydrogen-bond donors (Lipinski definition) is 23. The summed E-state index contributed by atoms with van der Waals surface area (Å²) in [4.78, 5) is 230. The van der Waals surface area contributed by atoms with E-state index in [1.165, 1.54) is 34.1 Å². The molecule has 6 rings (SSSR count). The van der Waals surface area contributed by atoms with Gasteiger partial charge < -0.3 is 122 Å². The number of phenolic OH excluding ortho intramolecular Hbond substituents is 1. The van der Waals surface area contributed by atoms with Crippen LogP contribution in [-0.4, -0.2) is 248 Å². The topological polar surface area (TPSA) is 664 Å². The first kappa shape index (κ1) is 97.6. The molecule has 1 aromatic heterocycles. The molecule has 14 amide bonds. The van der Waals surface area contributed by atoms with Gasteiger partial charge >= 0.3 is 11.9 Å². The number of aromatic nitrogens is 1. The number of H-pyrrole nitrogens is 1.